The van der Waals surface area contributed by atoms with Crippen molar-refractivity contribution >= 4 is 5.97 Å². The number of hydrogen-bond acceptors (Lipinski definition) is 1. The predicted octanol–water partition coefficient (Wildman–Crippen LogP) is 3.81. The van der Waals surface area contributed by atoms with Gasteiger partial charge in [-0.3, -0.25) is 0 Å². The molecule has 0 aliphatic heterocycles. The Morgan fingerprint density at radius 1 is 1.00 bits per heavy atom. The Labute approximate surface area is 105 Å². The van der Waals surface area contributed by atoms with Crippen molar-refractivity contribution in [2.24, 2.45) is 0 Å². The average molecular weight is 244 g/mol. The molecule has 2 aromatic rings. The number of aromatic carboxylic acids is 1. The Morgan fingerprint density at radius 2 is 1.56 bits per heavy atom. The zero-order valence-corrected chi connectivity index (χ0v) is 10.2. The second-order valence-corrected chi connectivity index (χ2v) is 4.30. The summed E-state index contributed by atoms with van der Waals surface area (Å²) in [7, 11) is 0. The van der Waals surface area contributed by atoms with E-state index in [1.165, 1.54) is 6.07 Å². The van der Waals surface area contributed by atoms with Crippen LogP contribution in [0.2, 0.25) is 0 Å². The van der Waals surface area contributed by atoms with Gasteiger partial charge in [0.2, 0.25) is 0 Å². The fraction of sp³-hybridized carbons (Fsp3) is 0.133. The van der Waals surface area contributed by atoms with Crippen LogP contribution in [0.4, 0.5) is 4.39 Å². The molecule has 0 bridgehead atoms. The summed E-state index contributed by atoms with van der Waals surface area (Å²) in [5, 5.41) is 9.06. The second kappa shape index (κ2) is 4.61. The summed E-state index contributed by atoms with van der Waals surface area (Å²) < 4.78 is 13.5. The van der Waals surface area contributed by atoms with E-state index in [2.05, 4.69) is 0 Å². The van der Waals surface area contributed by atoms with E-state index in [0.717, 1.165) is 0 Å². The zero-order valence-electron chi connectivity index (χ0n) is 10.2. The maximum absolute atomic E-state index is 13.5. The van der Waals surface area contributed by atoms with Gasteiger partial charge >= 0.3 is 5.97 Å². The highest BCUT2D eigenvalue weighted by Crippen LogP contribution is 2.24. The lowest BCUT2D eigenvalue weighted by Gasteiger charge is -2.07. The van der Waals surface area contributed by atoms with Crippen molar-refractivity contribution < 1.29 is 14.3 Å². The topological polar surface area (TPSA) is 37.3 Å². The van der Waals surface area contributed by atoms with Crippen LogP contribution < -0.4 is 0 Å². The standard InChI is InChI=1S/C15H13FO2/c1-9-3-5-11(7-13(9)15(17)18)12-6-4-10(2)14(16)8-12/h3-8H,1-2H3,(H,17,18). The Balaban J connectivity index is 2.54. The quantitative estimate of drug-likeness (QED) is 0.872. The molecule has 0 aliphatic rings. The lowest BCUT2D eigenvalue weighted by atomic mass is 9.99. The first kappa shape index (κ1) is 12.3. The Morgan fingerprint density at radius 3 is 2.11 bits per heavy atom. The molecule has 0 spiro atoms. The molecule has 2 aromatic carbocycles. The van der Waals surface area contributed by atoms with Crippen LogP contribution in [0.15, 0.2) is 36.4 Å². The highest BCUT2D eigenvalue weighted by molar-refractivity contribution is 5.91. The van der Waals surface area contributed by atoms with Crippen LogP contribution >= 0.6 is 0 Å². The van der Waals surface area contributed by atoms with Gasteiger partial charge in [0.25, 0.3) is 0 Å². The van der Waals surface area contributed by atoms with E-state index in [1.54, 1.807) is 44.2 Å². The third-order valence-electron chi connectivity index (χ3n) is 2.97. The molecule has 0 unspecified atom stereocenters. The molecular weight excluding hydrogens is 231 g/mol. The predicted molar refractivity (Wildman–Crippen MR) is 68.3 cm³/mol. The molecule has 0 fully saturated rings. The molecule has 0 heterocycles. The van der Waals surface area contributed by atoms with Gasteiger partial charge < -0.3 is 5.11 Å². The van der Waals surface area contributed by atoms with E-state index in [1.807, 2.05) is 0 Å². The van der Waals surface area contributed by atoms with Crippen LogP contribution in [0, 0.1) is 19.7 Å². The monoisotopic (exact) mass is 244 g/mol. The van der Waals surface area contributed by atoms with Crippen molar-refractivity contribution in [3.05, 3.63) is 58.9 Å². The highest BCUT2D eigenvalue weighted by Gasteiger charge is 2.09. The van der Waals surface area contributed by atoms with Gasteiger partial charge in [0.15, 0.2) is 0 Å². The minimum Gasteiger partial charge on any atom is -0.478 e. The summed E-state index contributed by atoms with van der Waals surface area (Å²) in [6.07, 6.45) is 0. The van der Waals surface area contributed by atoms with Crippen molar-refractivity contribution in [1.29, 1.82) is 0 Å². The molecule has 18 heavy (non-hydrogen) atoms. The lowest BCUT2D eigenvalue weighted by Crippen LogP contribution is -1.99. The maximum Gasteiger partial charge on any atom is 0.335 e. The SMILES string of the molecule is Cc1ccc(-c2ccc(C)c(C(=O)O)c2)cc1F. The number of halogens is 1. The fourth-order valence-corrected chi connectivity index (χ4v) is 1.80. The molecular formula is C15H13FO2. The molecule has 2 nitrogen and oxygen atoms in total. The van der Waals surface area contributed by atoms with Crippen molar-refractivity contribution in [3.8, 4) is 11.1 Å². The third-order valence-corrected chi connectivity index (χ3v) is 2.97. The van der Waals surface area contributed by atoms with Crippen LogP contribution in [0.1, 0.15) is 21.5 Å². The third kappa shape index (κ3) is 2.25. The molecule has 0 saturated heterocycles. The first-order valence-corrected chi connectivity index (χ1v) is 5.59. The molecule has 0 amide bonds. The zero-order chi connectivity index (χ0) is 13.3. The van der Waals surface area contributed by atoms with E-state index < -0.39 is 5.97 Å². The largest absolute Gasteiger partial charge is 0.478 e. The number of carbonyl (C=O) groups is 1. The van der Waals surface area contributed by atoms with Gasteiger partial charge in [-0.1, -0.05) is 24.3 Å². The van der Waals surface area contributed by atoms with Crippen LogP contribution in [-0.4, -0.2) is 11.1 Å². The van der Waals surface area contributed by atoms with Crippen LogP contribution in [0.3, 0.4) is 0 Å². The molecule has 92 valence electrons. The summed E-state index contributed by atoms with van der Waals surface area (Å²) in [5.41, 5.74) is 2.90. The van der Waals surface area contributed by atoms with Crippen molar-refractivity contribution in [3.63, 3.8) is 0 Å². The second-order valence-electron chi connectivity index (χ2n) is 4.30. The number of carboxylic acids is 1. The first-order valence-electron chi connectivity index (χ1n) is 5.59. The molecule has 0 atom stereocenters. The van der Waals surface area contributed by atoms with E-state index in [-0.39, 0.29) is 11.4 Å². The molecule has 1 N–H and O–H groups in total. The summed E-state index contributed by atoms with van der Waals surface area (Å²) in [5.74, 6) is -1.26. The van der Waals surface area contributed by atoms with E-state index in [4.69, 9.17) is 5.11 Å². The molecule has 0 aromatic heterocycles. The molecule has 0 radical (unpaired) electrons. The molecule has 2 rings (SSSR count). The number of aryl methyl sites for hydroxylation is 2. The van der Waals surface area contributed by atoms with Crippen molar-refractivity contribution in [2.45, 2.75) is 13.8 Å². The molecule has 0 aliphatic carbocycles. The van der Waals surface area contributed by atoms with Crippen LogP contribution in [0.25, 0.3) is 11.1 Å². The van der Waals surface area contributed by atoms with Gasteiger partial charge in [-0.15, -0.1) is 0 Å². The summed E-state index contributed by atoms with van der Waals surface area (Å²) in [6, 6.07) is 10.00. The number of benzene rings is 2. The highest BCUT2D eigenvalue weighted by atomic mass is 19.1. The number of hydrogen-bond donors (Lipinski definition) is 1. The fourth-order valence-electron chi connectivity index (χ4n) is 1.80. The summed E-state index contributed by atoms with van der Waals surface area (Å²) in [4.78, 5) is 11.1. The smallest absolute Gasteiger partial charge is 0.335 e. The minimum atomic E-state index is -0.970. The minimum absolute atomic E-state index is 0.244. The van der Waals surface area contributed by atoms with Gasteiger partial charge in [0.1, 0.15) is 5.82 Å². The first-order chi connectivity index (χ1) is 8.49. The van der Waals surface area contributed by atoms with Crippen molar-refractivity contribution in [2.75, 3.05) is 0 Å². The van der Waals surface area contributed by atoms with Gasteiger partial charge in [0.05, 0.1) is 5.56 Å². The van der Waals surface area contributed by atoms with E-state index >= 15 is 0 Å². The Hall–Kier alpha value is -2.16. The Kier molecular flexibility index (Phi) is 3.15. The van der Waals surface area contributed by atoms with Gasteiger partial charge in [-0.25, -0.2) is 9.18 Å². The van der Waals surface area contributed by atoms with Gasteiger partial charge in [-0.2, -0.15) is 0 Å². The van der Waals surface area contributed by atoms with Crippen LogP contribution in [-0.2, 0) is 0 Å². The van der Waals surface area contributed by atoms with E-state index in [0.29, 0.717) is 22.3 Å². The van der Waals surface area contributed by atoms with Gasteiger partial charge in [-0.05, 0) is 48.2 Å². The van der Waals surface area contributed by atoms with Crippen molar-refractivity contribution in [1.82, 2.24) is 0 Å². The number of carboxylic acid groups (broad SMARTS) is 1. The average Bonchev–Trinajstić information content (AvgIpc) is 2.33. The lowest BCUT2D eigenvalue weighted by molar-refractivity contribution is 0.0696. The maximum atomic E-state index is 13.5. The number of rotatable bonds is 2. The molecule has 3 heteroatoms. The summed E-state index contributed by atoms with van der Waals surface area (Å²) in [6.45, 7) is 3.43. The molecule has 0 saturated carbocycles. The van der Waals surface area contributed by atoms with Crippen LogP contribution in [0.5, 0.6) is 0 Å². The van der Waals surface area contributed by atoms with Gasteiger partial charge in [0, 0.05) is 0 Å². The normalized spacial score (nSPS) is 10.4. The van der Waals surface area contributed by atoms with E-state index in [9.17, 15) is 9.18 Å². The Bertz CT molecular complexity index is 618. The summed E-state index contributed by atoms with van der Waals surface area (Å²) >= 11 is 0.